The Morgan fingerprint density at radius 3 is 2.82 bits per heavy atom. The van der Waals surface area contributed by atoms with E-state index in [1.807, 2.05) is 13.8 Å². The predicted octanol–water partition coefficient (Wildman–Crippen LogP) is 2.93. The fourth-order valence-electron chi connectivity index (χ4n) is 4.69. The molecule has 39 heavy (non-hydrogen) atoms. The Labute approximate surface area is 232 Å². The van der Waals surface area contributed by atoms with Gasteiger partial charge in [-0.1, -0.05) is 13.8 Å². The average molecular weight is 561 g/mol. The van der Waals surface area contributed by atoms with Gasteiger partial charge < -0.3 is 30.7 Å². The van der Waals surface area contributed by atoms with Gasteiger partial charge in [-0.05, 0) is 59.9 Å². The minimum absolute atomic E-state index is 0.00473. The van der Waals surface area contributed by atoms with Gasteiger partial charge in [-0.25, -0.2) is 4.39 Å². The van der Waals surface area contributed by atoms with Crippen LogP contribution >= 0.6 is 11.3 Å². The summed E-state index contributed by atoms with van der Waals surface area (Å²) in [5.74, 6) is -0.629. The Morgan fingerprint density at radius 2 is 2.03 bits per heavy atom. The maximum Gasteiger partial charge on any atom is 0.262 e. The Hall–Kier alpha value is -3.02. The normalized spacial score (nSPS) is 23.1. The number of carbonyl (C=O) groups excluding carboxylic acids is 3. The highest BCUT2D eigenvalue weighted by Crippen LogP contribution is 2.30. The summed E-state index contributed by atoms with van der Waals surface area (Å²) in [5, 5.41) is 7.38. The first-order valence-corrected chi connectivity index (χ1v) is 14.3. The van der Waals surface area contributed by atoms with Gasteiger partial charge in [0.05, 0.1) is 17.5 Å². The van der Waals surface area contributed by atoms with E-state index in [0.29, 0.717) is 67.1 Å². The molecule has 2 aliphatic rings. The van der Waals surface area contributed by atoms with E-state index in [1.165, 1.54) is 23.5 Å². The molecular weight excluding hydrogens is 523 g/mol. The lowest BCUT2D eigenvalue weighted by Gasteiger charge is -2.25. The van der Waals surface area contributed by atoms with Crippen LogP contribution in [0.5, 0.6) is 5.75 Å². The number of carbonyl (C=O) groups is 3. The molecule has 0 unspecified atom stereocenters. The molecule has 3 atom stereocenters. The van der Waals surface area contributed by atoms with Gasteiger partial charge in [-0.3, -0.25) is 14.4 Å². The first kappa shape index (κ1) is 29.0. The molecule has 1 fully saturated rings. The average Bonchev–Trinajstić information content (AvgIpc) is 3.53. The number of hydrogen-bond donors (Lipinski definition) is 3. The predicted molar refractivity (Wildman–Crippen MR) is 147 cm³/mol. The molecule has 4 N–H and O–H groups in total. The molecule has 3 heterocycles. The number of fused-ring (bicyclic) bond motifs is 6. The van der Waals surface area contributed by atoms with Crippen LogP contribution in [0, 0.1) is 11.7 Å². The number of rotatable bonds is 3. The number of nitrogens with zero attached hydrogens (tertiary/aromatic N) is 1. The van der Waals surface area contributed by atoms with E-state index >= 15 is 0 Å². The third kappa shape index (κ3) is 8.00. The van der Waals surface area contributed by atoms with Crippen LogP contribution < -0.4 is 21.1 Å². The van der Waals surface area contributed by atoms with Crippen molar-refractivity contribution in [1.29, 1.82) is 0 Å². The lowest BCUT2D eigenvalue weighted by molar-refractivity contribution is -0.132. The van der Waals surface area contributed by atoms with Gasteiger partial charge >= 0.3 is 0 Å². The van der Waals surface area contributed by atoms with Crippen LogP contribution in [0.2, 0.25) is 0 Å². The van der Waals surface area contributed by atoms with E-state index in [4.69, 9.17) is 15.2 Å². The molecule has 1 saturated heterocycles. The van der Waals surface area contributed by atoms with Crippen molar-refractivity contribution in [3.8, 4) is 16.9 Å². The van der Waals surface area contributed by atoms with E-state index in [9.17, 15) is 18.8 Å². The summed E-state index contributed by atoms with van der Waals surface area (Å²) < 4.78 is 26.2. The number of benzene rings is 1. The summed E-state index contributed by atoms with van der Waals surface area (Å²) in [5.41, 5.74) is 7.37. The number of thiophene rings is 1. The van der Waals surface area contributed by atoms with Gasteiger partial charge in [0.25, 0.3) is 5.91 Å². The van der Waals surface area contributed by atoms with E-state index in [1.54, 1.807) is 22.4 Å². The Bertz CT molecular complexity index is 1170. The second-order valence-corrected chi connectivity index (χ2v) is 11.5. The van der Waals surface area contributed by atoms with Gasteiger partial charge in [0, 0.05) is 38.2 Å². The summed E-state index contributed by atoms with van der Waals surface area (Å²) in [6.45, 7) is 5.48. The fourth-order valence-corrected chi connectivity index (χ4v) is 5.51. The van der Waals surface area contributed by atoms with Crippen molar-refractivity contribution in [2.45, 2.75) is 57.7 Å². The summed E-state index contributed by atoms with van der Waals surface area (Å²) in [6, 6.07) is 4.84. The summed E-state index contributed by atoms with van der Waals surface area (Å²) in [4.78, 5) is 41.0. The maximum absolute atomic E-state index is 14.5. The Balaban J connectivity index is 1.57. The highest BCUT2D eigenvalue weighted by atomic mass is 32.1. The molecule has 4 rings (SSSR count). The van der Waals surface area contributed by atoms with Crippen LogP contribution in [0.4, 0.5) is 4.39 Å². The molecule has 2 aliphatic heterocycles. The first-order chi connectivity index (χ1) is 18.7. The van der Waals surface area contributed by atoms with Crippen molar-refractivity contribution in [3.05, 3.63) is 40.3 Å². The Morgan fingerprint density at radius 1 is 1.21 bits per heavy atom. The molecule has 212 valence electrons. The van der Waals surface area contributed by atoms with E-state index in [0.717, 1.165) is 0 Å². The molecule has 0 spiro atoms. The number of nitrogens with two attached hydrogens (primary N) is 1. The second kappa shape index (κ2) is 13.4. The molecule has 0 radical (unpaired) electrons. The van der Waals surface area contributed by atoms with Crippen LogP contribution in [0.25, 0.3) is 11.1 Å². The third-order valence-corrected chi connectivity index (χ3v) is 7.69. The Kier molecular flexibility index (Phi) is 9.93. The van der Waals surface area contributed by atoms with Crippen molar-refractivity contribution in [2.75, 3.05) is 32.9 Å². The van der Waals surface area contributed by atoms with Crippen LogP contribution in [0.15, 0.2) is 29.6 Å². The van der Waals surface area contributed by atoms with Crippen LogP contribution in [-0.2, 0) is 14.3 Å². The number of ether oxygens (including phenoxy) is 2. The van der Waals surface area contributed by atoms with Crippen molar-refractivity contribution in [3.63, 3.8) is 0 Å². The minimum Gasteiger partial charge on any atom is -0.491 e. The zero-order valence-electron chi connectivity index (χ0n) is 22.4. The van der Waals surface area contributed by atoms with E-state index in [-0.39, 0.29) is 43.0 Å². The molecule has 11 heteroatoms. The van der Waals surface area contributed by atoms with Crippen molar-refractivity contribution < 1.29 is 28.2 Å². The number of amides is 3. The number of halogens is 1. The fraction of sp³-hybridized carbons (Fsp3) is 0.536. The molecule has 2 aromatic rings. The molecule has 4 bridgehead atoms. The number of hydrogen-bond acceptors (Lipinski definition) is 7. The zero-order chi connectivity index (χ0) is 27.9. The molecule has 0 aliphatic carbocycles. The first-order valence-electron chi connectivity index (χ1n) is 13.4. The quantitative estimate of drug-likeness (QED) is 0.531. The topological polar surface area (TPSA) is 123 Å². The third-order valence-electron chi connectivity index (χ3n) is 6.76. The lowest BCUT2D eigenvalue weighted by Crippen LogP contribution is -2.50. The van der Waals surface area contributed by atoms with Crippen molar-refractivity contribution in [1.82, 2.24) is 15.5 Å². The molecule has 3 amide bonds. The summed E-state index contributed by atoms with van der Waals surface area (Å²) in [6.07, 6.45) is 2.19. The van der Waals surface area contributed by atoms with Crippen LogP contribution in [0.1, 0.15) is 49.2 Å². The maximum atomic E-state index is 14.5. The second-order valence-electron chi connectivity index (χ2n) is 10.6. The van der Waals surface area contributed by atoms with Gasteiger partial charge in [0.15, 0.2) is 0 Å². The van der Waals surface area contributed by atoms with Gasteiger partial charge in [-0.15, -0.1) is 11.3 Å². The molecular formula is C28H37FN4O5S. The van der Waals surface area contributed by atoms with Crippen LogP contribution in [-0.4, -0.2) is 73.7 Å². The van der Waals surface area contributed by atoms with Crippen LogP contribution in [0.3, 0.4) is 0 Å². The van der Waals surface area contributed by atoms with Crippen molar-refractivity contribution in [2.24, 2.45) is 11.7 Å². The SMILES string of the molecule is CC(C)CNC(=O)[C@@H]1COCCCCC(=O)N2C[C@@H](N)C[C@H]2COc2cc(F)cc(c2)-c2csc(c2)C(=O)N1. The molecule has 1 aromatic heterocycles. The minimum atomic E-state index is -0.880. The number of nitrogens with one attached hydrogen (secondary N) is 2. The summed E-state index contributed by atoms with van der Waals surface area (Å²) >= 11 is 1.21. The van der Waals surface area contributed by atoms with Gasteiger partial charge in [0.2, 0.25) is 11.8 Å². The lowest BCUT2D eigenvalue weighted by atomic mass is 10.1. The van der Waals surface area contributed by atoms with Crippen molar-refractivity contribution >= 4 is 29.1 Å². The van der Waals surface area contributed by atoms with Gasteiger partial charge in [0.1, 0.15) is 24.2 Å². The van der Waals surface area contributed by atoms with Gasteiger partial charge in [-0.2, -0.15) is 0 Å². The highest BCUT2D eigenvalue weighted by molar-refractivity contribution is 7.12. The standard InChI is InChI=1S/C28H37FN4O5S/c1-17(2)12-31-27(35)24-15-37-6-4-3-5-26(34)33-13-21(30)11-22(33)14-38-23-8-18(7-20(29)10-23)19-9-25(39-16-19)28(36)32-24/h7-10,16-17,21-22,24H,3-6,11-15,30H2,1-2H3,(H,31,35)(H,32,36)/t21-,22-,24-/m0/s1. The molecule has 9 nitrogen and oxygen atoms in total. The smallest absolute Gasteiger partial charge is 0.262 e. The summed E-state index contributed by atoms with van der Waals surface area (Å²) in [7, 11) is 0. The molecule has 0 saturated carbocycles. The molecule has 1 aromatic carbocycles. The van der Waals surface area contributed by atoms with E-state index < -0.39 is 17.8 Å². The monoisotopic (exact) mass is 560 g/mol. The zero-order valence-corrected chi connectivity index (χ0v) is 23.2. The highest BCUT2D eigenvalue weighted by Gasteiger charge is 2.33. The largest absolute Gasteiger partial charge is 0.491 e. The van der Waals surface area contributed by atoms with E-state index in [2.05, 4.69) is 10.6 Å².